The van der Waals surface area contributed by atoms with Gasteiger partial charge in [0.15, 0.2) is 0 Å². The van der Waals surface area contributed by atoms with Crippen LogP contribution in [-0.4, -0.2) is 51.4 Å². The SMILES string of the molecule is COC(=O)C1CN(C(=O)c2cccc(F)c2)c2ccccc2CN1S(=O)(=O)c1ccc(OC)cc1. The zero-order valence-electron chi connectivity index (χ0n) is 19.0. The van der Waals surface area contributed by atoms with Gasteiger partial charge in [0.2, 0.25) is 10.0 Å². The van der Waals surface area contributed by atoms with Crippen LogP contribution in [-0.2, 0) is 26.1 Å². The van der Waals surface area contributed by atoms with Gasteiger partial charge in [-0.2, -0.15) is 4.31 Å². The molecule has 0 fully saturated rings. The summed E-state index contributed by atoms with van der Waals surface area (Å²) in [6.07, 6.45) is 0. The summed E-state index contributed by atoms with van der Waals surface area (Å²) >= 11 is 0. The average Bonchev–Trinajstić information content (AvgIpc) is 3.05. The lowest BCUT2D eigenvalue weighted by Crippen LogP contribution is -2.50. The monoisotopic (exact) mass is 498 g/mol. The summed E-state index contributed by atoms with van der Waals surface area (Å²) in [6.45, 7) is -0.508. The highest BCUT2D eigenvalue weighted by molar-refractivity contribution is 7.89. The Kier molecular flexibility index (Phi) is 6.86. The largest absolute Gasteiger partial charge is 0.497 e. The van der Waals surface area contributed by atoms with E-state index in [1.165, 1.54) is 54.5 Å². The number of amides is 1. The summed E-state index contributed by atoms with van der Waals surface area (Å²) in [5.41, 5.74) is 0.985. The summed E-state index contributed by atoms with van der Waals surface area (Å²) < 4.78 is 52.3. The van der Waals surface area contributed by atoms with Crippen molar-refractivity contribution in [3.63, 3.8) is 0 Å². The molecule has 1 aliphatic rings. The van der Waals surface area contributed by atoms with Gasteiger partial charge in [-0.3, -0.25) is 9.59 Å². The molecular weight excluding hydrogens is 475 g/mol. The van der Waals surface area contributed by atoms with Crippen LogP contribution in [0.25, 0.3) is 0 Å². The van der Waals surface area contributed by atoms with Gasteiger partial charge < -0.3 is 14.4 Å². The molecule has 0 N–H and O–H groups in total. The van der Waals surface area contributed by atoms with E-state index in [9.17, 15) is 22.4 Å². The molecular formula is C25H23FN2O6S. The van der Waals surface area contributed by atoms with Crippen LogP contribution in [0.3, 0.4) is 0 Å². The Morgan fingerprint density at radius 3 is 2.34 bits per heavy atom. The molecule has 0 aliphatic carbocycles. The summed E-state index contributed by atoms with van der Waals surface area (Å²) in [6, 6.07) is 16.3. The molecule has 182 valence electrons. The third kappa shape index (κ3) is 4.75. The van der Waals surface area contributed by atoms with Crippen molar-refractivity contribution in [2.45, 2.75) is 17.5 Å². The number of carbonyl (C=O) groups is 2. The van der Waals surface area contributed by atoms with Crippen LogP contribution in [0.1, 0.15) is 15.9 Å². The average molecular weight is 499 g/mol. The number of ether oxygens (including phenoxy) is 2. The van der Waals surface area contributed by atoms with Crippen molar-refractivity contribution >= 4 is 27.6 Å². The molecule has 1 unspecified atom stereocenters. The van der Waals surface area contributed by atoms with Crippen molar-refractivity contribution in [1.82, 2.24) is 4.31 Å². The lowest BCUT2D eigenvalue weighted by atomic mass is 10.1. The molecule has 0 bridgehead atoms. The number of carbonyl (C=O) groups excluding carboxylic acids is 2. The first kappa shape index (κ1) is 24.4. The molecule has 3 aromatic carbocycles. The zero-order chi connectivity index (χ0) is 25.2. The number of sulfonamides is 1. The van der Waals surface area contributed by atoms with Gasteiger partial charge >= 0.3 is 5.97 Å². The molecule has 1 aliphatic heterocycles. The van der Waals surface area contributed by atoms with Gasteiger partial charge in [-0.05, 0) is 54.1 Å². The van der Waals surface area contributed by atoms with E-state index in [0.717, 1.165) is 17.5 Å². The molecule has 1 heterocycles. The van der Waals surface area contributed by atoms with Gasteiger partial charge in [0, 0.05) is 17.8 Å². The predicted molar refractivity (Wildman–Crippen MR) is 126 cm³/mol. The van der Waals surface area contributed by atoms with Crippen LogP contribution in [0.4, 0.5) is 10.1 Å². The summed E-state index contributed by atoms with van der Waals surface area (Å²) in [4.78, 5) is 27.6. The second-order valence-corrected chi connectivity index (χ2v) is 9.71. The normalized spacial score (nSPS) is 16.2. The molecule has 10 heteroatoms. The van der Waals surface area contributed by atoms with Crippen LogP contribution >= 0.6 is 0 Å². The number of anilines is 1. The smallest absolute Gasteiger partial charge is 0.326 e. The van der Waals surface area contributed by atoms with Gasteiger partial charge in [0.1, 0.15) is 17.6 Å². The number of rotatable bonds is 5. The maximum atomic E-state index is 13.8. The molecule has 8 nitrogen and oxygen atoms in total. The first-order valence-corrected chi connectivity index (χ1v) is 12.1. The fourth-order valence-electron chi connectivity index (χ4n) is 3.98. The number of para-hydroxylation sites is 1. The van der Waals surface area contributed by atoms with Crippen LogP contribution < -0.4 is 9.64 Å². The highest BCUT2D eigenvalue weighted by atomic mass is 32.2. The Bertz CT molecular complexity index is 1360. The standard InChI is InChI=1S/C25H23FN2O6S/c1-33-20-10-12-21(13-11-20)35(31,32)28-15-18-6-3-4-9-22(18)27(16-23(28)25(30)34-2)24(29)17-7-5-8-19(26)14-17/h3-14,23H,15-16H2,1-2H3. The Morgan fingerprint density at radius 1 is 0.971 bits per heavy atom. The number of fused-ring (bicyclic) bond motifs is 1. The Balaban J connectivity index is 1.83. The summed E-state index contributed by atoms with van der Waals surface area (Å²) in [5.74, 6) is -1.52. The molecule has 0 saturated carbocycles. The predicted octanol–water partition coefficient (Wildman–Crippen LogP) is 3.23. The third-order valence-corrected chi connectivity index (χ3v) is 7.64. The van der Waals surface area contributed by atoms with E-state index in [2.05, 4.69) is 0 Å². The van der Waals surface area contributed by atoms with Gasteiger partial charge in [-0.25, -0.2) is 12.8 Å². The van der Waals surface area contributed by atoms with Gasteiger partial charge in [-0.15, -0.1) is 0 Å². The van der Waals surface area contributed by atoms with E-state index < -0.39 is 33.8 Å². The number of esters is 1. The van der Waals surface area contributed by atoms with E-state index in [4.69, 9.17) is 9.47 Å². The quantitative estimate of drug-likeness (QED) is 0.502. The molecule has 0 aromatic heterocycles. The number of nitrogens with zero attached hydrogens (tertiary/aromatic N) is 2. The van der Waals surface area contributed by atoms with Crippen molar-refractivity contribution in [1.29, 1.82) is 0 Å². The summed E-state index contributed by atoms with van der Waals surface area (Å²) in [7, 11) is -1.58. The minimum Gasteiger partial charge on any atom is -0.497 e. The van der Waals surface area contributed by atoms with Gasteiger partial charge in [0.25, 0.3) is 5.91 Å². The molecule has 0 saturated heterocycles. The fraction of sp³-hybridized carbons (Fsp3) is 0.200. The number of hydrogen-bond donors (Lipinski definition) is 0. The minimum atomic E-state index is -4.20. The Morgan fingerprint density at radius 2 is 1.69 bits per heavy atom. The van der Waals surface area contributed by atoms with E-state index in [1.807, 2.05) is 0 Å². The maximum absolute atomic E-state index is 13.8. The van der Waals surface area contributed by atoms with Crippen LogP contribution in [0.15, 0.2) is 77.7 Å². The van der Waals surface area contributed by atoms with E-state index >= 15 is 0 Å². The highest BCUT2D eigenvalue weighted by Gasteiger charge is 2.42. The Hall–Kier alpha value is -3.76. The molecule has 1 atom stereocenters. The molecule has 3 aromatic rings. The fourth-order valence-corrected chi connectivity index (χ4v) is 5.53. The molecule has 0 spiro atoms. The van der Waals surface area contributed by atoms with Crippen LogP contribution in [0.5, 0.6) is 5.75 Å². The van der Waals surface area contributed by atoms with E-state index in [-0.39, 0.29) is 23.5 Å². The number of hydrogen-bond acceptors (Lipinski definition) is 6. The van der Waals surface area contributed by atoms with E-state index in [1.54, 1.807) is 24.3 Å². The van der Waals surface area contributed by atoms with Crippen molar-refractivity contribution < 1.29 is 31.9 Å². The molecule has 4 rings (SSSR count). The van der Waals surface area contributed by atoms with Crippen molar-refractivity contribution in [2.75, 3.05) is 25.7 Å². The minimum absolute atomic E-state index is 0.0467. The zero-order valence-corrected chi connectivity index (χ0v) is 19.9. The first-order chi connectivity index (χ1) is 16.8. The lowest BCUT2D eigenvalue weighted by molar-refractivity contribution is -0.144. The first-order valence-electron chi connectivity index (χ1n) is 10.7. The highest BCUT2D eigenvalue weighted by Crippen LogP contribution is 2.33. The molecule has 1 amide bonds. The number of benzene rings is 3. The second-order valence-electron chi connectivity index (χ2n) is 7.82. The van der Waals surface area contributed by atoms with Crippen molar-refractivity contribution in [3.05, 3.63) is 89.7 Å². The molecule has 35 heavy (non-hydrogen) atoms. The van der Waals surface area contributed by atoms with Gasteiger partial charge in [0.05, 0.1) is 25.7 Å². The lowest BCUT2D eigenvalue weighted by Gasteiger charge is -2.29. The van der Waals surface area contributed by atoms with Crippen molar-refractivity contribution in [3.8, 4) is 5.75 Å². The van der Waals surface area contributed by atoms with Crippen LogP contribution in [0, 0.1) is 5.82 Å². The third-order valence-electron chi connectivity index (χ3n) is 5.77. The number of methoxy groups -OCH3 is 2. The van der Waals surface area contributed by atoms with Crippen LogP contribution in [0.2, 0.25) is 0 Å². The molecule has 0 radical (unpaired) electrons. The maximum Gasteiger partial charge on any atom is 0.326 e. The Labute approximate surface area is 202 Å². The van der Waals surface area contributed by atoms with Gasteiger partial charge in [-0.1, -0.05) is 24.3 Å². The van der Waals surface area contributed by atoms with E-state index in [0.29, 0.717) is 17.0 Å². The van der Waals surface area contributed by atoms with Crippen molar-refractivity contribution in [2.24, 2.45) is 0 Å². The summed E-state index contributed by atoms with van der Waals surface area (Å²) in [5, 5.41) is 0. The topological polar surface area (TPSA) is 93.2 Å². The second kappa shape index (κ2) is 9.85. The number of halogens is 1.